The predicted molar refractivity (Wildman–Crippen MR) is 111 cm³/mol. The van der Waals surface area contributed by atoms with Crippen molar-refractivity contribution in [2.45, 2.75) is 20.0 Å². The van der Waals surface area contributed by atoms with Gasteiger partial charge in [0.15, 0.2) is 6.54 Å². The number of likely N-dealkylation sites (N-methyl/N-ethyl adjacent to an activating group) is 1. The van der Waals surface area contributed by atoms with Gasteiger partial charge in [-0.05, 0) is 24.6 Å². The number of ether oxygens (including phenoxy) is 1. The molecule has 2 aromatic carbocycles. The molecule has 1 heterocycles. The predicted octanol–water partition coefficient (Wildman–Crippen LogP) is -0.0544. The zero-order valence-corrected chi connectivity index (χ0v) is 17.3. The molecule has 5 nitrogen and oxygen atoms in total. The second-order valence-corrected chi connectivity index (χ2v) is 7.94. The van der Waals surface area contributed by atoms with Gasteiger partial charge in [0.2, 0.25) is 0 Å². The number of carbonyl (C=O) groups excluding carboxylic acids is 1. The average molecular weight is 384 g/mol. The van der Waals surface area contributed by atoms with E-state index >= 15 is 0 Å². The van der Waals surface area contributed by atoms with E-state index in [1.54, 1.807) is 12.0 Å². The molecule has 3 rings (SSSR count). The van der Waals surface area contributed by atoms with Crippen molar-refractivity contribution in [1.29, 1.82) is 0 Å². The Morgan fingerprint density at radius 3 is 2.32 bits per heavy atom. The standard InChI is InChI=1S/C23H31N3O2/c1-19-5-4-6-21(15-19)17-25-11-13-26(14-12-25)18-23(27)24(2)16-20-7-9-22(28-3)10-8-20/h4-10,15H,11-14,16-18H2,1-3H3/p+2. The Morgan fingerprint density at radius 2 is 1.68 bits per heavy atom. The van der Waals surface area contributed by atoms with Crippen LogP contribution in [0.25, 0.3) is 0 Å². The van der Waals surface area contributed by atoms with Crippen molar-refractivity contribution >= 4 is 5.91 Å². The first-order valence-electron chi connectivity index (χ1n) is 10.1. The molecule has 0 bridgehead atoms. The van der Waals surface area contributed by atoms with E-state index in [1.807, 2.05) is 36.2 Å². The Balaban J connectivity index is 1.42. The van der Waals surface area contributed by atoms with Gasteiger partial charge in [-0.3, -0.25) is 4.79 Å². The highest BCUT2D eigenvalue weighted by atomic mass is 16.5. The SMILES string of the molecule is COc1ccc(CN(C)C(=O)C[NH+]2CC[NH+](Cc3cccc(C)c3)CC2)cc1. The maximum atomic E-state index is 12.6. The van der Waals surface area contributed by atoms with Crippen LogP contribution in [0.3, 0.4) is 0 Å². The van der Waals surface area contributed by atoms with Crippen LogP contribution in [0.2, 0.25) is 0 Å². The van der Waals surface area contributed by atoms with Crippen molar-refractivity contribution in [1.82, 2.24) is 4.90 Å². The molecule has 0 aromatic heterocycles. The smallest absolute Gasteiger partial charge is 0.277 e. The highest BCUT2D eigenvalue weighted by Gasteiger charge is 2.26. The topological polar surface area (TPSA) is 38.4 Å². The van der Waals surface area contributed by atoms with Gasteiger partial charge >= 0.3 is 0 Å². The van der Waals surface area contributed by atoms with Gasteiger partial charge in [-0.1, -0.05) is 42.0 Å². The molecular formula is C23H33N3O2+2. The number of hydrogen-bond acceptors (Lipinski definition) is 2. The summed E-state index contributed by atoms with van der Waals surface area (Å²) in [6.45, 7) is 8.82. The second kappa shape index (κ2) is 9.71. The van der Waals surface area contributed by atoms with Gasteiger partial charge in [-0.15, -0.1) is 0 Å². The van der Waals surface area contributed by atoms with Crippen LogP contribution in [0, 0.1) is 6.92 Å². The van der Waals surface area contributed by atoms with E-state index in [1.165, 1.54) is 16.0 Å². The zero-order chi connectivity index (χ0) is 19.9. The molecule has 1 fully saturated rings. The number of nitrogens with one attached hydrogen (secondary N) is 2. The van der Waals surface area contributed by atoms with E-state index in [2.05, 4.69) is 31.2 Å². The first-order chi connectivity index (χ1) is 13.5. The minimum atomic E-state index is 0.216. The Hall–Kier alpha value is -2.37. The number of aryl methyl sites for hydroxylation is 1. The summed E-state index contributed by atoms with van der Waals surface area (Å²) in [4.78, 5) is 17.5. The molecule has 0 saturated carbocycles. The molecule has 28 heavy (non-hydrogen) atoms. The van der Waals surface area contributed by atoms with E-state index in [0.29, 0.717) is 13.1 Å². The van der Waals surface area contributed by atoms with Gasteiger partial charge in [-0.2, -0.15) is 0 Å². The van der Waals surface area contributed by atoms with Gasteiger partial charge in [0.1, 0.15) is 38.5 Å². The molecule has 0 radical (unpaired) electrons. The molecule has 0 spiro atoms. The summed E-state index contributed by atoms with van der Waals surface area (Å²) in [5.74, 6) is 1.06. The third-order valence-corrected chi connectivity index (χ3v) is 5.61. The Morgan fingerprint density at radius 1 is 1.00 bits per heavy atom. The monoisotopic (exact) mass is 383 g/mol. The summed E-state index contributed by atoms with van der Waals surface area (Å²) in [6.07, 6.45) is 0. The summed E-state index contributed by atoms with van der Waals surface area (Å²) in [6, 6.07) is 16.7. The summed E-state index contributed by atoms with van der Waals surface area (Å²) in [5.41, 5.74) is 3.86. The van der Waals surface area contributed by atoms with E-state index in [9.17, 15) is 4.79 Å². The molecule has 2 N–H and O–H groups in total. The van der Waals surface area contributed by atoms with Gasteiger partial charge in [0, 0.05) is 19.2 Å². The van der Waals surface area contributed by atoms with Crippen LogP contribution in [0.15, 0.2) is 48.5 Å². The lowest BCUT2D eigenvalue weighted by atomic mass is 10.1. The number of rotatable bonds is 7. The van der Waals surface area contributed by atoms with E-state index in [0.717, 1.165) is 44.0 Å². The molecule has 0 aliphatic carbocycles. The number of amides is 1. The van der Waals surface area contributed by atoms with E-state index in [-0.39, 0.29) is 5.91 Å². The van der Waals surface area contributed by atoms with Gasteiger partial charge in [-0.25, -0.2) is 0 Å². The number of hydrogen-bond donors (Lipinski definition) is 2. The Bertz CT molecular complexity index is 768. The van der Waals surface area contributed by atoms with E-state index < -0.39 is 0 Å². The van der Waals surface area contributed by atoms with Crippen LogP contribution in [0.5, 0.6) is 5.75 Å². The number of nitrogens with zero attached hydrogens (tertiary/aromatic N) is 1. The maximum absolute atomic E-state index is 12.6. The van der Waals surface area contributed by atoms with Crippen molar-refractivity contribution in [3.8, 4) is 5.75 Å². The third-order valence-electron chi connectivity index (χ3n) is 5.61. The van der Waals surface area contributed by atoms with Crippen LogP contribution < -0.4 is 14.5 Å². The zero-order valence-electron chi connectivity index (χ0n) is 17.3. The number of carbonyl (C=O) groups is 1. The molecule has 1 amide bonds. The van der Waals surface area contributed by atoms with Crippen LogP contribution in [0.4, 0.5) is 0 Å². The Labute approximate surface area is 168 Å². The molecule has 1 saturated heterocycles. The van der Waals surface area contributed by atoms with Crippen molar-refractivity contribution in [2.75, 3.05) is 46.9 Å². The quantitative estimate of drug-likeness (QED) is 0.704. The van der Waals surface area contributed by atoms with Crippen LogP contribution in [-0.4, -0.2) is 57.7 Å². The van der Waals surface area contributed by atoms with Crippen molar-refractivity contribution in [2.24, 2.45) is 0 Å². The molecule has 1 aliphatic rings. The number of methoxy groups -OCH3 is 1. The number of quaternary nitrogens is 2. The summed E-state index contributed by atoms with van der Waals surface area (Å²) in [5, 5.41) is 0. The highest BCUT2D eigenvalue weighted by molar-refractivity contribution is 5.76. The fourth-order valence-corrected chi connectivity index (χ4v) is 3.86. The normalized spacial score (nSPS) is 19.2. The largest absolute Gasteiger partial charge is 0.497 e. The number of piperazine rings is 1. The van der Waals surface area contributed by atoms with Crippen molar-refractivity contribution in [3.63, 3.8) is 0 Å². The fourth-order valence-electron chi connectivity index (χ4n) is 3.86. The van der Waals surface area contributed by atoms with Gasteiger partial charge in [0.05, 0.1) is 7.11 Å². The number of benzene rings is 2. The van der Waals surface area contributed by atoms with Crippen molar-refractivity contribution in [3.05, 3.63) is 65.2 Å². The highest BCUT2D eigenvalue weighted by Crippen LogP contribution is 2.12. The molecule has 0 unspecified atom stereocenters. The molecule has 150 valence electrons. The lowest BCUT2D eigenvalue weighted by Gasteiger charge is -2.30. The van der Waals surface area contributed by atoms with E-state index in [4.69, 9.17) is 4.74 Å². The van der Waals surface area contributed by atoms with Gasteiger partial charge < -0.3 is 19.4 Å². The lowest BCUT2D eigenvalue weighted by molar-refractivity contribution is -1.02. The Kier molecular flexibility index (Phi) is 7.06. The van der Waals surface area contributed by atoms with Gasteiger partial charge in [0.25, 0.3) is 5.91 Å². The first kappa shape index (κ1) is 20.4. The molecule has 5 heteroatoms. The summed E-state index contributed by atoms with van der Waals surface area (Å²) in [7, 11) is 3.56. The molecule has 2 aromatic rings. The van der Waals surface area contributed by atoms with Crippen LogP contribution in [-0.2, 0) is 17.9 Å². The molecular weight excluding hydrogens is 350 g/mol. The minimum absolute atomic E-state index is 0.216. The second-order valence-electron chi connectivity index (χ2n) is 7.94. The minimum Gasteiger partial charge on any atom is -0.497 e. The van der Waals surface area contributed by atoms with Crippen LogP contribution in [0.1, 0.15) is 16.7 Å². The van der Waals surface area contributed by atoms with Crippen LogP contribution >= 0.6 is 0 Å². The third kappa shape index (κ3) is 5.81. The molecule has 0 atom stereocenters. The fraction of sp³-hybridized carbons (Fsp3) is 0.435. The summed E-state index contributed by atoms with van der Waals surface area (Å²) >= 11 is 0. The molecule has 1 aliphatic heterocycles. The average Bonchev–Trinajstić information content (AvgIpc) is 2.70. The summed E-state index contributed by atoms with van der Waals surface area (Å²) < 4.78 is 5.19. The lowest BCUT2D eigenvalue weighted by Crippen LogP contribution is -3.28. The maximum Gasteiger partial charge on any atom is 0.277 e. The van der Waals surface area contributed by atoms with Crippen molar-refractivity contribution < 1.29 is 19.3 Å². The first-order valence-corrected chi connectivity index (χ1v) is 10.1.